The smallest absolute Gasteiger partial charge is 0.278 e. The van der Waals surface area contributed by atoms with Crippen LogP contribution in [0.5, 0.6) is 0 Å². The molecule has 142 valence electrons. The Bertz CT molecular complexity index is 926. The molecule has 3 aromatic rings. The van der Waals surface area contributed by atoms with Crippen molar-refractivity contribution in [3.05, 3.63) is 53.2 Å². The molecule has 0 saturated carbocycles. The van der Waals surface area contributed by atoms with E-state index in [4.69, 9.17) is 4.52 Å². The van der Waals surface area contributed by atoms with Crippen LogP contribution in [0.2, 0.25) is 0 Å². The molecule has 0 fully saturated rings. The molecule has 3 rings (SSSR count). The van der Waals surface area contributed by atoms with Gasteiger partial charge in [0.1, 0.15) is 0 Å². The summed E-state index contributed by atoms with van der Waals surface area (Å²) in [4.78, 5) is 4.60. The van der Waals surface area contributed by atoms with Crippen LogP contribution in [0, 0.1) is 19.8 Å². The number of nitrogens with zero attached hydrogens (tertiary/aromatic N) is 4. The standard InChI is InChI=1S/C22H28N4O/c1-7-9-19-15(5)11-17(12-16(19)6)21-23-22(27-25-21)20-13-18(10-14(3)4)26(8-2)24-20/h7,11-14H,1,8-10H2,2-6H3. The first kappa shape index (κ1) is 19.1. The minimum absolute atomic E-state index is 0.465. The lowest BCUT2D eigenvalue weighted by Crippen LogP contribution is -2.05. The first-order valence-corrected chi connectivity index (χ1v) is 9.55. The van der Waals surface area contributed by atoms with Crippen LogP contribution < -0.4 is 0 Å². The van der Waals surface area contributed by atoms with Crippen molar-refractivity contribution in [3.63, 3.8) is 0 Å². The normalized spacial score (nSPS) is 11.3. The zero-order valence-electron chi connectivity index (χ0n) is 16.9. The first-order chi connectivity index (χ1) is 12.9. The molecule has 27 heavy (non-hydrogen) atoms. The van der Waals surface area contributed by atoms with Gasteiger partial charge in [0.15, 0.2) is 5.69 Å². The molecule has 0 atom stereocenters. The highest BCUT2D eigenvalue weighted by Crippen LogP contribution is 2.26. The predicted octanol–water partition coefficient (Wildman–Crippen LogP) is 5.16. The van der Waals surface area contributed by atoms with Gasteiger partial charge >= 0.3 is 0 Å². The largest absolute Gasteiger partial charge is 0.332 e. The fraction of sp³-hybridized carbons (Fsp3) is 0.409. The predicted molar refractivity (Wildman–Crippen MR) is 109 cm³/mol. The van der Waals surface area contributed by atoms with Crippen molar-refractivity contribution in [2.75, 3.05) is 0 Å². The molecule has 0 aliphatic rings. The molecule has 0 unspecified atom stereocenters. The lowest BCUT2D eigenvalue weighted by molar-refractivity contribution is 0.430. The molecule has 0 N–H and O–H groups in total. The first-order valence-electron chi connectivity index (χ1n) is 9.55. The average molecular weight is 364 g/mol. The number of aryl methyl sites for hydroxylation is 3. The molecule has 0 aliphatic carbocycles. The van der Waals surface area contributed by atoms with E-state index < -0.39 is 0 Å². The molecule has 0 bridgehead atoms. The Hall–Kier alpha value is -2.69. The van der Waals surface area contributed by atoms with Crippen LogP contribution in [0.3, 0.4) is 0 Å². The number of benzene rings is 1. The molecular weight excluding hydrogens is 336 g/mol. The molecule has 0 spiro atoms. The van der Waals surface area contributed by atoms with Gasteiger partial charge in [-0.2, -0.15) is 10.1 Å². The van der Waals surface area contributed by atoms with Gasteiger partial charge in [0.2, 0.25) is 5.82 Å². The Labute approximate surface area is 161 Å². The number of hydrogen-bond acceptors (Lipinski definition) is 4. The van der Waals surface area contributed by atoms with Crippen LogP contribution in [-0.4, -0.2) is 19.9 Å². The third-order valence-corrected chi connectivity index (χ3v) is 4.73. The van der Waals surface area contributed by atoms with Gasteiger partial charge in [-0.3, -0.25) is 4.68 Å². The summed E-state index contributed by atoms with van der Waals surface area (Å²) in [6.07, 6.45) is 3.77. The number of aromatic nitrogens is 4. The second-order valence-electron chi connectivity index (χ2n) is 7.44. The summed E-state index contributed by atoms with van der Waals surface area (Å²) in [7, 11) is 0. The van der Waals surface area contributed by atoms with Crippen LogP contribution in [0.15, 0.2) is 35.4 Å². The summed E-state index contributed by atoms with van der Waals surface area (Å²) in [6, 6.07) is 6.27. The topological polar surface area (TPSA) is 56.7 Å². The van der Waals surface area contributed by atoms with E-state index in [-0.39, 0.29) is 0 Å². The third kappa shape index (κ3) is 4.02. The van der Waals surface area contributed by atoms with E-state index in [9.17, 15) is 0 Å². The monoisotopic (exact) mass is 364 g/mol. The molecule has 0 amide bonds. The van der Waals surface area contributed by atoms with Crippen molar-refractivity contribution in [2.45, 2.75) is 54.0 Å². The Balaban J connectivity index is 1.93. The van der Waals surface area contributed by atoms with Gasteiger partial charge in [-0.1, -0.05) is 25.1 Å². The zero-order valence-corrected chi connectivity index (χ0v) is 16.9. The maximum atomic E-state index is 5.53. The minimum atomic E-state index is 0.465. The van der Waals surface area contributed by atoms with E-state index in [1.54, 1.807) is 0 Å². The second-order valence-corrected chi connectivity index (χ2v) is 7.44. The summed E-state index contributed by atoms with van der Waals surface area (Å²) < 4.78 is 7.54. The van der Waals surface area contributed by atoms with E-state index in [2.05, 4.69) is 74.6 Å². The van der Waals surface area contributed by atoms with Crippen molar-refractivity contribution < 1.29 is 4.52 Å². The van der Waals surface area contributed by atoms with Crippen molar-refractivity contribution in [3.8, 4) is 23.0 Å². The number of rotatable bonds is 7. The highest BCUT2D eigenvalue weighted by Gasteiger charge is 2.17. The Morgan fingerprint density at radius 1 is 1.19 bits per heavy atom. The van der Waals surface area contributed by atoms with E-state index in [1.807, 2.05) is 10.8 Å². The summed E-state index contributed by atoms with van der Waals surface area (Å²) in [5.74, 6) is 1.63. The van der Waals surface area contributed by atoms with E-state index in [0.717, 1.165) is 30.6 Å². The van der Waals surface area contributed by atoms with E-state index in [0.29, 0.717) is 17.6 Å². The summed E-state index contributed by atoms with van der Waals surface area (Å²) in [5, 5.41) is 8.83. The summed E-state index contributed by atoms with van der Waals surface area (Å²) >= 11 is 0. The average Bonchev–Trinajstić information content (AvgIpc) is 3.24. The van der Waals surface area contributed by atoms with Gasteiger partial charge in [0.25, 0.3) is 5.89 Å². The van der Waals surface area contributed by atoms with Gasteiger partial charge in [-0.25, -0.2) is 0 Å². The van der Waals surface area contributed by atoms with Crippen LogP contribution in [0.4, 0.5) is 0 Å². The van der Waals surface area contributed by atoms with Crippen molar-refractivity contribution >= 4 is 0 Å². The number of hydrogen-bond donors (Lipinski definition) is 0. The molecule has 1 aromatic carbocycles. The number of allylic oxidation sites excluding steroid dienone is 1. The lowest BCUT2D eigenvalue weighted by Gasteiger charge is -2.09. The highest BCUT2D eigenvalue weighted by molar-refractivity contribution is 5.61. The molecule has 2 heterocycles. The third-order valence-electron chi connectivity index (χ3n) is 4.73. The SMILES string of the molecule is C=CCc1c(C)cc(-c2noc(-c3cc(CC(C)C)n(CC)n3)n2)cc1C. The van der Waals surface area contributed by atoms with Crippen LogP contribution >= 0.6 is 0 Å². The fourth-order valence-electron chi connectivity index (χ4n) is 3.45. The molecule has 0 saturated heterocycles. The summed E-state index contributed by atoms with van der Waals surface area (Å²) in [6.45, 7) is 15.4. The van der Waals surface area contributed by atoms with Crippen LogP contribution in [0.1, 0.15) is 43.2 Å². The Kier molecular flexibility index (Phi) is 5.59. The molecular formula is C22H28N4O. The van der Waals surface area contributed by atoms with Gasteiger partial charge < -0.3 is 4.52 Å². The van der Waals surface area contributed by atoms with Gasteiger partial charge in [-0.15, -0.1) is 6.58 Å². The molecule has 5 heteroatoms. The van der Waals surface area contributed by atoms with Crippen molar-refractivity contribution in [1.82, 2.24) is 19.9 Å². The lowest BCUT2D eigenvalue weighted by atomic mass is 9.97. The maximum Gasteiger partial charge on any atom is 0.278 e. The van der Waals surface area contributed by atoms with Gasteiger partial charge in [-0.05, 0) is 74.4 Å². The second kappa shape index (κ2) is 7.91. The van der Waals surface area contributed by atoms with Crippen molar-refractivity contribution in [2.24, 2.45) is 5.92 Å². The zero-order chi connectivity index (χ0) is 19.6. The maximum absolute atomic E-state index is 5.53. The van der Waals surface area contributed by atoms with E-state index in [1.165, 1.54) is 22.4 Å². The van der Waals surface area contributed by atoms with Gasteiger partial charge in [0, 0.05) is 17.8 Å². The molecule has 0 aliphatic heterocycles. The molecule has 5 nitrogen and oxygen atoms in total. The van der Waals surface area contributed by atoms with Crippen molar-refractivity contribution in [1.29, 1.82) is 0 Å². The van der Waals surface area contributed by atoms with Gasteiger partial charge in [0.05, 0.1) is 0 Å². The minimum Gasteiger partial charge on any atom is -0.332 e. The Morgan fingerprint density at radius 3 is 2.48 bits per heavy atom. The molecule has 0 radical (unpaired) electrons. The fourth-order valence-corrected chi connectivity index (χ4v) is 3.45. The van der Waals surface area contributed by atoms with Crippen LogP contribution in [-0.2, 0) is 19.4 Å². The van der Waals surface area contributed by atoms with E-state index >= 15 is 0 Å². The van der Waals surface area contributed by atoms with Crippen LogP contribution in [0.25, 0.3) is 23.0 Å². The highest BCUT2D eigenvalue weighted by atomic mass is 16.5. The quantitative estimate of drug-likeness (QED) is 0.543. The summed E-state index contributed by atoms with van der Waals surface area (Å²) in [5.41, 5.74) is 6.63. The molecule has 2 aromatic heterocycles. The Morgan fingerprint density at radius 2 is 1.89 bits per heavy atom.